The smallest absolute Gasteiger partial charge is 0.243 e. The second-order valence-corrected chi connectivity index (χ2v) is 5.60. The number of anilines is 1. The van der Waals surface area contributed by atoms with Crippen LogP contribution < -0.4 is 15.4 Å². The first-order chi connectivity index (χ1) is 10.0. The van der Waals surface area contributed by atoms with E-state index in [-0.39, 0.29) is 24.3 Å². The molecule has 0 bridgehead atoms. The number of carbonyl (C=O) groups is 2. The Kier molecular flexibility index (Phi) is 5.07. The van der Waals surface area contributed by atoms with E-state index in [9.17, 15) is 9.59 Å². The number of benzene rings is 1. The van der Waals surface area contributed by atoms with Crippen molar-refractivity contribution in [2.75, 3.05) is 19.0 Å². The number of amides is 2. The van der Waals surface area contributed by atoms with E-state index in [4.69, 9.17) is 16.3 Å². The van der Waals surface area contributed by atoms with E-state index < -0.39 is 0 Å². The summed E-state index contributed by atoms with van der Waals surface area (Å²) in [5.74, 6) is 0.229. The molecular weight excluding hydrogens is 292 g/mol. The van der Waals surface area contributed by atoms with Gasteiger partial charge in [0, 0.05) is 17.0 Å². The van der Waals surface area contributed by atoms with Gasteiger partial charge in [0.2, 0.25) is 11.8 Å². The normalized spacial score (nSPS) is 14.2. The number of hydrogen-bond donors (Lipinski definition) is 2. The fourth-order valence-electron chi connectivity index (χ4n) is 2.11. The lowest BCUT2D eigenvalue weighted by Crippen LogP contribution is -2.39. The van der Waals surface area contributed by atoms with Crippen LogP contribution in [0.1, 0.15) is 24.8 Å². The Hall–Kier alpha value is -1.75. The SMILES string of the molecule is COc1cc(Cl)c(C)cc1NC(=O)CNC(=O)C1CCC1. The van der Waals surface area contributed by atoms with Crippen LogP contribution in [0.25, 0.3) is 0 Å². The number of hydrogen-bond acceptors (Lipinski definition) is 3. The summed E-state index contributed by atoms with van der Waals surface area (Å²) in [4.78, 5) is 23.6. The zero-order valence-corrected chi connectivity index (χ0v) is 12.9. The third kappa shape index (κ3) is 3.88. The molecule has 0 aliphatic heterocycles. The first-order valence-electron chi connectivity index (χ1n) is 6.93. The van der Waals surface area contributed by atoms with Crippen molar-refractivity contribution in [1.82, 2.24) is 5.32 Å². The van der Waals surface area contributed by atoms with Gasteiger partial charge in [0.25, 0.3) is 0 Å². The molecule has 0 heterocycles. The molecule has 0 radical (unpaired) electrons. The van der Waals surface area contributed by atoms with Crippen molar-refractivity contribution in [3.8, 4) is 5.75 Å². The topological polar surface area (TPSA) is 67.4 Å². The van der Waals surface area contributed by atoms with Crippen LogP contribution in [0.5, 0.6) is 5.75 Å². The van der Waals surface area contributed by atoms with Gasteiger partial charge in [0.05, 0.1) is 19.3 Å². The van der Waals surface area contributed by atoms with Gasteiger partial charge in [0.1, 0.15) is 5.75 Å². The van der Waals surface area contributed by atoms with Gasteiger partial charge < -0.3 is 15.4 Å². The standard InChI is InChI=1S/C15H19ClN2O3/c1-9-6-12(13(21-2)7-11(9)16)18-14(19)8-17-15(20)10-4-3-5-10/h6-7,10H,3-5,8H2,1-2H3,(H,17,20)(H,18,19). The summed E-state index contributed by atoms with van der Waals surface area (Å²) in [6.45, 7) is 1.80. The minimum absolute atomic E-state index is 0.0415. The molecule has 114 valence electrons. The van der Waals surface area contributed by atoms with Crippen LogP contribution in [0.4, 0.5) is 5.69 Å². The van der Waals surface area contributed by atoms with Crippen molar-refractivity contribution < 1.29 is 14.3 Å². The molecule has 0 unspecified atom stereocenters. The number of rotatable bonds is 5. The summed E-state index contributed by atoms with van der Waals surface area (Å²) in [5, 5.41) is 5.95. The predicted molar refractivity (Wildman–Crippen MR) is 81.7 cm³/mol. The molecule has 6 heteroatoms. The van der Waals surface area contributed by atoms with E-state index in [0.29, 0.717) is 16.5 Å². The molecule has 1 aromatic rings. The summed E-state index contributed by atoms with van der Waals surface area (Å²) in [6, 6.07) is 3.40. The Morgan fingerprint density at radius 1 is 1.38 bits per heavy atom. The number of ether oxygens (including phenoxy) is 1. The molecule has 1 saturated carbocycles. The molecule has 1 aliphatic carbocycles. The molecule has 1 aromatic carbocycles. The van der Waals surface area contributed by atoms with Crippen LogP contribution in [-0.2, 0) is 9.59 Å². The van der Waals surface area contributed by atoms with Gasteiger partial charge in [-0.15, -0.1) is 0 Å². The second-order valence-electron chi connectivity index (χ2n) is 5.20. The highest BCUT2D eigenvalue weighted by atomic mass is 35.5. The molecule has 2 amide bonds. The van der Waals surface area contributed by atoms with Gasteiger partial charge in [0.15, 0.2) is 0 Å². The van der Waals surface area contributed by atoms with Gasteiger partial charge in [-0.05, 0) is 31.4 Å². The van der Waals surface area contributed by atoms with Crippen molar-refractivity contribution in [1.29, 1.82) is 0 Å². The van der Waals surface area contributed by atoms with Crippen LogP contribution in [0.3, 0.4) is 0 Å². The largest absolute Gasteiger partial charge is 0.495 e. The number of halogens is 1. The molecule has 0 spiro atoms. The van der Waals surface area contributed by atoms with Crippen LogP contribution in [0.15, 0.2) is 12.1 Å². The zero-order chi connectivity index (χ0) is 15.4. The Morgan fingerprint density at radius 2 is 2.10 bits per heavy atom. The van der Waals surface area contributed by atoms with Crippen molar-refractivity contribution in [3.63, 3.8) is 0 Å². The van der Waals surface area contributed by atoms with Crippen LogP contribution >= 0.6 is 11.6 Å². The van der Waals surface area contributed by atoms with Crippen LogP contribution in [0.2, 0.25) is 5.02 Å². The maximum atomic E-state index is 11.9. The Morgan fingerprint density at radius 3 is 2.67 bits per heavy atom. The Balaban J connectivity index is 1.92. The fourth-order valence-corrected chi connectivity index (χ4v) is 2.26. The number of nitrogens with one attached hydrogen (secondary N) is 2. The van der Waals surface area contributed by atoms with Gasteiger partial charge in [-0.1, -0.05) is 18.0 Å². The lowest BCUT2D eigenvalue weighted by molar-refractivity contribution is -0.129. The predicted octanol–water partition coefficient (Wildman–Crippen LogP) is 2.51. The van der Waals surface area contributed by atoms with Gasteiger partial charge in [-0.2, -0.15) is 0 Å². The molecule has 1 aliphatic rings. The molecule has 21 heavy (non-hydrogen) atoms. The number of methoxy groups -OCH3 is 1. The summed E-state index contributed by atoms with van der Waals surface area (Å²) in [7, 11) is 1.51. The average Bonchev–Trinajstić information content (AvgIpc) is 2.38. The first-order valence-corrected chi connectivity index (χ1v) is 7.30. The summed E-state index contributed by atoms with van der Waals surface area (Å²) >= 11 is 6.01. The Labute approximate surface area is 129 Å². The van der Waals surface area contributed by atoms with E-state index in [1.807, 2.05) is 6.92 Å². The van der Waals surface area contributed by atoms with Crippen molar-refractivity contribution in [3.05, 3.63) is 22.7 Å². The highest BCUT2D eigenvalue weighted by Crippen LogP contribution is 2.30. The highest BCUT2D eigenvalue weighted by molar-refractivity contribution is 6.31. The minimum atomic E-state index is -0.289. The molecule has 2 N–H and O–H groups in total. The minimum Gasteiger partial charge on any atom is -0.495 e. The number of aryl methyl sites for hydroxylation is 1. The van der Waals surface area contributed by atoms with E-state index in [0.717, 1.165) is 24.8 Å². The molecule has 1 fully saturated rings. The molecule has 2 rings (SSSR count). The van der Waals surface area contributed by atoms with Crippen molar-refractivity contribution in [2.24, 2.45) is 5.92 Å². The monoisotopic (exact) mass is 310 g/mol. The lowest BCUT2D eigenvalue weighted by Gasteiger charge is -2.23. The first kappa shape index (κ1) is 15.6. The molecule has 0 saturated heterocycles. The zero-order valence-electron chi connectivity index (χ0n) is 12.2. The quantitative estimate of drug-likeness (QED) is 0.878. The summed E-state index contributed by atoms with van der Waals surface area (Å²) < 4.78 is 5.19. The lowest BCUT2D eigenvalue weighted by atomic mass is 9.85. The summed E-state index contributed by atoms with van der Waals surface area (Å²) in [6.07, 6.45) is 2.92. The van der Waals surface area contributed by atoms with E-state index in [1.54, 1.807) is 12.1 Å². The van der Waals surface area contributed by atoms with E-state index in [2.05, 4.69) is 10.6 Å². The maximum absolute atomic E-state index is 11.9. The summed E-state index contributed by atoms with van der Waals surface area (Å²) in [5.41, 5.74) is 1.38. The maximum Gasteiger partial charge on any atom is 0.243 e. The van der Waals surface area contributed by atoms with Gasteiger partial charge in [-0.25, -0.2) is 0 Å². The number of carbonyl (C=O) groups excluding carboxylic acids is 2. The van der Waals surface area contributed by atoms with Gasteiger partial charge >= 0.3 is 0 Å². The van der Waals surface area contributed by atoms with E-state index >= 15 is 0 Å². The highest BCUT2D eigenvalue weighted by Gasteiger charge is 2.25. The molecular formula is C15H19ClN2O3. The third-order valence-corrected chi connectivity index (χ3v) is 4.06. The second kappa shape index (κ2) is 6.80. The fraction of sp³-hybridized carbons (Fsp3) is 0.467. The van der Waals surface area contributed by atoms with Crippen molar-refractivity contribution >= 4 is 29.1 Å². The molecule has 0 aromatic heterocycles. The van der Waals surface area contributed by atoms with Crippen LogP contribution in [0, 0.1) is 12.8 Å². The van der Waals surface area contributed by atoms with Crippen molar-refractivity contribution in [2.45, 2.75) is 26.2 Å². The third-order valence-electron chi connectivity index (χ3n) is 3.65. The molecule has 5 nitrogen and oxygen atoms in total. The Bertz CT molecular complexity index is 556. The average molecular weight is 311 g/mol. The van der Waals surface area contributed by atoms with Crippen LogP contribution in [-0.4, -0.2) is 25.5 Å². The molecule has 0 atom stereocenters. The van der Waals surface area contributed by atoms with Gasteiger partial charge in [-0.3, -0.25) is 9.59 Å². The van der Waals surface area contributed by atoms with E-state index in [1.165, 1.54) is 7.11 Å².